The van der Waals surface area contributed by atoms with Crippen LogP contribution in [0, 0.1) is 0 Å². The SMILES string of the molecule is CC.CC.[B]C1OC(COC)C(OC(C)C)C1OCCCCCCNC(=O)C(C)OC(=O)CCCCCCCCCCCCCCC. The molecule has 1 saturated heterocycles. The standard InChI is InChI=1S/C34H64BNO7.2C2H6/c1-6-7-8-9-10-11-12-13-14-15-16-17-20-23-30(37)42-28(4)34(38)36-24-21-18-19-22-25-40-32-31(41-27(2)3)29(26-39-5)43-33(32)35;2*1-2/h27-29,31-33H,6-26H2,1-5H3,(H,36,38);2*1-2H3. The van der Waals surface area contributed by atoms with Gasteiger partial charge in [-0.2, -0.15) is 0 Å². The number of amides is 1. The van der Waals surface area contributed by atoms with Crippen LogP contribution in [-0.4, -0.2) is 83.1 Å². The Morgan fingerprint density at radius 2 is 1.26 bits per heavy atom. The van der Waals surface area contributed by atoms with Gasteiger partial charge in [0.15, 0.2) is 6.10 Å². The van der Waals surface area contributed by atoms with E-state index < -0.39 is 12.1 Å². The second-order valence-electron chi connectivity index (χ2n) is 12.4. The fourth-order valence-electron chi connectivity index (χ4n) is 5.47. The van der Waals surface area contributed by atoms with Crippen molar-refractivity contribution in [2.75, 3.05) is 26.9 Å². The van der Waals surface area contributed by atoms with Gasteiger partial charge in [-0.1, -0.05) is 125 Å². The molecule has 0 aromatic heterocycles. The number of nitrogens with one attached hydrogen (secondary N) is 1. The summed E-state index contributed by atoms with van der Waals surface area (Å²) >= 11 is 0. The molecule has 0 aromatic rings. The highest BCUT2D eigenvalue weighted by molar-refractivity contribution is 6.11. The summed E-state index contributed by atoms with van der Waals surface area (Å²) in [5, 5.41) is 2.88. The van der Waals surface area contributed by atoms with Crippen LogP contribution in [0.4, 0.5) is 0 Å². The number of carbonyl (C=O) groups excluding carboxylic acids is 2. The Kier molecular flexibility index (Phi) is 35.4. The minimum absolute atomic E-state index is 0.0369. The lowest BCUT2D eigenvalue weighted by molar-refractivity contribution is -0.154. The highest BCUT2D eigenvalue weighted by Crippen LogP contribution is 2.27. The Morgan fingerprint density at radius 3 is 1.79 bits per heavy atom. The number of hydrogen-bond acceptors (Lipinski definition) is 7. The fourth-order valence-corrected chi connectivity index (χ4v) is 5.47. The third-order valence-corrected chi connectivity index (χ3v) is 7.95. The van der Waals surface area contributed by atoms with Crippen LogP contribution in [-0.2, 0) is 33.3 Å². The lowest BCUT2D eigenvalue weighted by atomic mass is 9.92. The number of carbonyl (C=O) groups is 2. The average molecular weight is 670 g/mol. The van der Waals surface area contributed by atoms with E-state index in [1.54, 1.807) is 14.0 Å². The zero-order valence-electron chi connectivity index (χ0n) is 32.2. The van der Waals surface area contributed by atoms with Crippen LogP contribution in [0.25, 0.3) is 0 Å². The van der Waals surface area contributed by atoms with Crippen molar-refractivity contribution in [3.05, 3.63) is 0 Å². The van der Waals surface area contributed by atoms with Gasteiger partial charge in [-0.15, -0.1) is 0 Å². The topological polar surface area (TPSA) is 92.3 Å². The lowest BCUT2D eigenvalue weighted by Gasteiger charge is -2.26. The van der Waals surface area contributed by atoms with Gasteiger partial charge in [-0.05, 0) is 40.0 Å². The molecule has 0 saturated carbocycles. The summed E-state index contributed by atoms with van der Waals surface area (Å²) in [5.41, 5.74) is 0. The molecule has 1 amide bonds. The number of hydrogen-bond donors (Lipinski definition) is 1. The third kappa shape index (κ3) is 26.4. The Balaban J connectivity index is 0. The van der Waals surface area contributed by atoms with Crippen LogP contribution >= 0.6 is 0 Å². The molecule has 5 atom stereocenters. The summed E-state index contributed by atoms with van der Waals surface area (Å²) in [6.45, 7) is 17.4. The monoisotopic (exact) mass is 670 g/mol. The Morgan fingerprint density at radius 1 is 0.745 bits per heavy atom. The van der Waals surface area contributed by atoms with Crippen LogP contribution in [0.3, 0.4) is 0 Å². The summed E-state index contributed by atoms with van der Waals surface area (Å²) in [7, 11) is 7.78. The number of rotatable bonds is 28. The quantitative estimate of drug-likeness (QED) is 0.0506. The van der Waals surface area contributed by atoms with E-state index in [1.165, 1.54) is 64.2 Å². The van der Waals surface area contributed by atoms with Gasteiger partial charge in [0.25, 0.3) is 5.91 Å². The van der Waals surface area contributed by atoms with Crippen LogP contribution in [0.1, 0.15) is 171 Å². The first-order valence-corrected chi connectivity index (χ1v) is 19.4. The fraction of sp³-hybridized carbons (Fsp3) is 0.947. The smallest absolute Gasteiger partial charge is 0.306 e. The molecule has 1 aliphatic rings. The van der Waals surface area contributed by atoms with Gasteiger partial charge in [0, 0.05) is 32.7 Å². The Labute approximate surface area is 292 Å². The van der Waals surface area contributed by atoms with E-state index in [1.807, 2.05) is 41.5 Å². The highest BCUT2D eigenvalue weighted by Gasteiger charge is 2.44. The van der Waals surface area contributed by atoms with Gasteiger partial charge >= 0.3 is 5.97 Å². The first-order valence-electron chi connectivity index (χ1n) is 19.4. The molecular formula is C38H76BNO7. The maximum Gasteiger partial charge on any atom is 0.306 e. The molecule has 47 heavy (non-hydrogen) atoms. The predicted octanol–water partition coefficient (Wildman–Crippen LogP) is 8.85. The van der Waals surface area contributed by atoms with E-state index in [0.717, 1.165) is 44.9 Å². The number of ether oxygens (including phenoxy) is 5. The van der Waals surface area contributed by atoms with Crippen LogP contribution < -0.4 is 5.32 Å². The normalized spacial score (nSPS) is 19.4. The predicted molar refractivity (Wildman–Crippen MR) is 196 cm³/mol. The van der Waals surface area contributed by atoms with Crippen molar-refractivity contribution in [3.8, 4) is 0 Å². The van der Waals surface area contributed by atoms with Crippen LogP contribution in [0.15, 0.2) is 0 Å². The third-order valence-electron chi connectivity index (χ3n) is 7.95. The van der Waals surface area contributed by atoms with Gasteiger partial charge in [0.2, 0.25) is 0 Å². The van der Waals surface area contributed by atoms with E-state index in [2.05, 4.69) is 12.2 Å². The van der Waals surface area contributed by atoms with Crippen LogP contribution in [0.5, 0.6) is 0 Å². The highest BCUT2D eigenvalue weighted by atomic mass is 16.6. The van der Waals surface area contributed by atoms with E-state index in [-0.39, 0.29) is 36.3 Å². The molecule has 0 aromatic carbocycles. The molecule has 1 heterocycles. The van der Waals surface area contributed by atoms with Crippen molar-refractivity contribution < 1.29 is 33.3 Å². The zero-order chi connectivity index (χ0) is 35.7. The van der Waals surface area contributed by atoms with Crippen molar-refractivity contribution in [1.29, 1.82) is 0 Å². The van der Waals surface area contributed by atoms with Gasteiger partial charge in [-0.25, -0.2) is 0 Å². The Hall–Kier alpha value is -1.16. The van der Waals surface area contributed by atoms with E-state index in [9.17, 15) is 9.59 Å². The van der Waals surface area contributed by atoms with E-state index in [4.69, 9.17) is 31.5 Å². The molecule has 0 bridgehead atoms. The molecule has 1 N–H and O–H groups in total. The number of esters is 1. The lowest BCUT2D eigenvalue weighted by Crippen LogP contribution is -2.40. The molecular weight excluding hydrogens is 593 g/mol. The van der Waals surface area contributed by atoms with Crippen molar-refractivity contribution >= 4 is 19.7 Å². The van der Waals surface area contributed by atoms with Crippen molar-refractivity contribution in [2.45, 2.75) is 207 Å². The largest absolute Gasteiger partial charge is 0.453 e. The molecule has 1 rings (SSSR count). The van der Waals surface area contributed by atoms with Gasteiger partial charge in [0.05, 0.1) is 12.7 Å². The second kappa shape index (κ2) is 34.7. The minimum atomic E-state index is -0.761. The van der Waals surface area contributed by atoms with Crippen LogP contribution in [0.2, 0.25) is 0 Å². The van der Waals surface area contributed by atoms with Gasteiger partial charge in [-0.3, -0.25) is 9.59 Å². The maximum absolute atomic E-state index is 12.3. The molecule has 8 nitrogen and oxygen atoms in total. The van der Waals surface area contributed by atoms with E-state index in [0.29, 0.717) is 26.2 Å². The Bertz CT molecular complexity index is 697. The molecule has 5 unspecified atom stereocenters. The number of methoxy groups -OCH3 is 1. The first-order chi connectivity index (χ1) is 22.8. The molecule has 9 heteroatoms. The van der Waals surface area contributed by atoms with E-state index >= 15 is 0 Å². The van der Waals surface area contributed by atoms with Gasteiger partial charge in [0.1, 0.15) is 26.2 Å². The second-order valence-corrected chi connectivity index (χ2v) is 12.4. The molecule has 1 aliphatic heterocycles. The van der Waals surface area contributed by atoms with Crippen molar-refractivity contribution in [2.24, 2.45) is 0 Å². The molecule has 1 fully saturated rings. The summed E-state index contributed by atoms with van der Waals surface area (Å²) in [6.07, 6.45) is 19.0. The molecule has 0 aliphatic carbocycles. The van der Waals surface area contributed by atoms with Gasteiger partial charge < -0.3 is 29.0 Å². The maximum atomic E-state index is 12.3. The molecule has 278 valence electrons. The summed E-state index contributed by atoms with van der Waals surface area (Å²) < 4.78 is 28.4. The zero-order valence-corrected chi connectivity index (χ0v) is 32.2. The first kappa shape index (κ1) is 48.0. The average Bonchev–Trinajstić information content (AvgIpc) is 3.34. The summed E-state index contributed by atoms with van der Waals surface area (Å²) in [6, 6.07) is -0.537. The van der Waals surface area contributed by atoms with Crippen molar-refractivity contribution in [3.63, 3.8) is 0 Å². The molecule has 0 spiro atoms. The number of unbranched alkanes of at least 4 members (excludes halogenated alkanes) is 15. The van der Waals surface area contributed by atoms with Crippen molar-refractivity contribution in [1.82, 2.24) is 5.32 Å². The summed E-state index contributed by atoms with van der Waals surface area (Å²) in [4.78, 5) is 24.4. The minimum Gasteiger partial charge on any atom is -0.453 e. The summed E-state index contributed by atoms with van der Waals surface area (Å²) in [5.74, 6) is -0.522. The molecule has 2 radical (unpaired) electrons.